The second-order valence-corrected chi connectivity index (χ2v) is 6.19. The van der Waals surface area contributed by atoms with Gasteiger partial charge in [0.25, 0.3) is 0 Å². The summed E-state index contributed by atoms with van der Waals surface area (Å²) in [4.78, 5) is 24.1. The summed E-state index contributed by atoms with van der Waals surface area (Å²) in [5.74, 6) is 0.269. The van der Waals surface area contributed by atoms with Gasteiger partial charge in [0.05, 0.1) is 0 Å². The van der Waals surface area contributed by atoms with Crippen LogP contribution < -0.4 is 5.32 Å². The van der Waals surface area contributed by atoms with Crippen molar-refractivity contribution in [2.75, 3.05) is 25.4 Å². The normalized spacial score (nSPS) is 19.2. The number of carbonyl (C=O) groups is 2. The summed E-state index contributed by atoms with van der Waals surface area (Å²) < 4.78 is 0. The quantitative estimate of drug-likeness (QED) is 0.704. The number of carboxylic acid groups (broad SMARTS) is 1. The van der Waals surface area contributed by atoms with Gasteiger partial charge in [-0.2, -0.15) is 11.8 Å². The number of nitrogens with one attached hydrogen (secondary N) is 1. The van der Waals surface area contributed by atoms with Gasteiger partial charge in [-0.1, -0.05) is 13.3 Å². The number of hydrogen-bond donors (Lipinski definition) is 2. The van der Waals surface area contributed by atoms with Gasteiger partial charge in [-0.3, -0.25) is 4.79 Å². The average Bonchev–Trinajstić information content (AvgIpc) is 2.42. The van der Waals surface area contributed by atoms with Crippen molar-refractivity contribution >= 4 is 23.8 Å². The molecule has 1 fully saturated rings. The SMILES string of the molecule is CCC1CN(C(=O)NCCCCCC(=O)O)CCS1. The molecule has 1 rings (SSSR count). The monoisotopic (exact) mass is 288 g/mol. The van der Waals surface area contributed by atoms with E-state index in [0.29, 0.717) is 18.2 Å². The van der Waals surface area contributed by atoms with Crippen LogP contribution in [0, 0.1) is 0 Å². The minimum Gasteiger partial charge on any atom is -0.481 e. The molecule has 2 N–H and O–H groups in total. The zero-order chi connectivity index (χ0) is 14.1. The Balaban J connectivity index is 2.08. The van der Waals surface area contributed by atoms with Gasteiger partial charge in [0.15, 0.2) is 0 Å². The molecule has 0 saturated carbocycles. The molecule has 0 spiro atoms. The maximum Gasteiger partial charge on any atom is 0.317 e. The van der Waals surface area contributed by atoms with Crippen molar-refractivity contribution in [1.82, 2.24) is 10.2 Å². The molecule has 0 aromatic carbocycles. The number of nitrogens with zero attached hydrogens (tertiary/aromatic N) is 1. The highest BCUT2D eigenvalue weighted by Crippen LogP contribution is 2.20. The zero-order valence-corrected chi connectivity index (χ0v) is 12.4. The minimum atomic E-state index is -0.750. The number of aliphatic carboxylic acids is 1. The van der Waals surface area contributed by atoms with E-state index >= 15 is 0 Å². The second kappa shape index (κ2) is 9.07. The van der Waals surface area contributed by atoms with Crippen LogP contribution in [0.4, 0.5) is 4.79 Å². The third-order valence-electron chi connectivity index (χ3n) is 3.22. The lowest BCUT2D eigenvalue weighted by Crippen LogP contribution is -2.47. The highest BCUT2D eigenvalue weighted by molar-refractivity contribution is 8.00. The van der Waals surface area contributed by atoms with Crippen LogP contribution in [0.1, 0.15) is 39.0 Å². The van der Waals surface area contributed by atoms with E-state index in [9.17, 15) is 9.59 Å². The Bertz CT molecular complexity index is 300. The number of unbranched alkanes of at least 4 members (excludes halogenated alkanes) is 2. The van der Waals surface area contributed by atoms with E-state index in [1.54, 1.807) is 0 Å². The van der Waals surface area contributed by atoms with Gasteiger partial charge in [0.1, 0.15) is 0 Å². The maximum atomic E-state index is 11.9. The first kappa shape index (κ1) is 16.1. The Kier molecular flexibility index (Phi) is 7.70. The van der Waals surface area contributed by atoms with Gasteiger partial charge in [0.2, 0.25) is 0 Å². The molecule has 2 amide bonds. The van der Waals surface area contributed by atoms with E-state index in [1.807, 2.05) is 16.7 Å². The van der Waals surface area contributed by atoms with Gasteiger partial charge in [-0.15, -0.1) is 0 Å². The summed E-state index contributed by atoms with van der Waals surface area (Å²) in [6.45, 7) is 4.46. The standard InChI is InChI=1S/C13H24N2O3S/c1-2-11-10-15(8-9-19-11)13(18)14-7-5-3-4-6-12(16)17/h11H,2-10H2,1H3,(H,14,18)(H,16,17). The second-order valence-electron chi connectivity index (χ2n) is 4.78. The zero-order valence-electron chi connectivity index (χ0n) is 11.6. The van der Waals surface area contributed by atoms with Crippen molar-refractivity contribution in [3.05, 3.63) is 0 Å². The van der Waals surface area contributed by atoms with E-state index in [1.165, 1.54) is 0 Å². The van der Waals surface area contributed by atoms with Crippen LogP contribution in [0.2, 0.25) is 0 Å². The number of carbonyl (C=O) groups excluding carboxylic acids is 1. The number of thioether (sulfide) groups is 1. The van der Waals surface area contributed by atoms with E-state index in [2.05, 4.69) is 12.2 Å². The summed E-state index contributed by atoms with van der Waals surface area (Å²) in [6.07, 6.45) is 3.70. The molecule has 1 atom stereocenters. The Morgan fingerprint density at radius 2 is 2.16 bits per heavy atom. The topological polar surface area (TPSA) is 69.6 Å². The van der Waals surface area contributed by atoms with Crippen molar-refractivity contribution in [2.24, 2.45) is 0 Å². The smallest absolute Gasteiger partial charge is 0.317 e. The van der Waals surface area contributed by atoms with Crippen LogP contribution in [0.15, 0.2) is 0 Å². The van der Waals surface area contributed by atoms with Crippen molar-refractivity contribution in [3.63, 3.8) is 0 Å². The lowest BCUT2D eigenvalue weighted by Gasteiger charge is -2.31. The van der Waals surface area contributed by atoms with Crippen molar-refractivity contribution < 1.29 is 14.7 Å². The Hall–Kier alpha value is -0.910. The summed E-state index contributed by atoms with van der Waals surface area (Å²) in [5.41, 5.74) is 0. The largest absolute Gasteiger partial charge is 0.481 e. The van der Waals surface area contributed by atoms with Gasteiger partial charge in [-0.05, 0) is 19.3 Å². The van der Waals surface area contributed by atoms with Crippen LogP contribution in [-0.4, -0.2) is 52.6 Å². The van der Waals surface area contributed by atoms with E-state index < -0.39 is 5.97 Å². The van der Waals surface area contributed by atoms with Crippen molar-refractivity contribution in [2.45, 2.75) is 44.3 Å². The fourth-order valence-corrected chi connectivity index (χ4v) is 3.22. The molecule has 19 heavy (non-hydrogen) atoms. The van der Waals surface area contributed by atoms with Crippen LogP contribution >= 0.6 is 11.8 Å². The predicted octanol–water partition coefficient (Wildman–Crippen LogP) is 2.17. The number of hydrogen-bond acceptors (Lipinski definition) is 3. The molecule has 0 aliphatic carbocycles. The van der Waals surface area contributed by atoms with Crippen LogP contribution in [-0.2, 0) is 4.79 Å². The molecule has 0 aromatic rings. The predicted molar refractivity (Wildman–Crippen MR) is 77.6 cm³/mol. The Morgan fingerprint density at radius 1 is 1.37 bits per heavy atom. The van der Waals surface area contributed by atoms with E-state index in [0.717, 1.165) is 38.1 Å². The summed E-state index contributed by atoms with van der Waals surface area (Å²) in [6, 6.07) is 0.0250. The molecule has 0 bridgehead atoms. The highest BCUT2D eigenvalue weighted by Gasteiger charge is 2.22. The van der Waals surface area contributed by atoms with E-state index in [-0.39, 0.29) is 12.5 Å². The fraction of sp³-hybridized carbons (Fsp3) is 0.846. The van der Waals surface area contributed by atoms with E-state index in [4.69, 9.17) is 5.11 Å². The molecule has 110 valence electrons. The van der Waals surface area contributed by atoms with Crippen LogP contribution in [0.25, 0.3) is 0 Å². The minimum absolute atomic E-state index is 0.0250. The maximum absolute atomic E-state index is 11.9. The lowest BCUT2D eigenvalue weighted by atomic mass is 10.2. The molecule has 0 radical (unpaired) electrons. The van der Waals surface area contributed by atoms with Crippen molar-refractivity contribution in [3.8, 4) is 0 Å². The van der Waals surface area contributed by atoms with Crippen LogP contribution in [0.3, 0.4) is 0 Å². The van der Waals surface area contributed by atoms with Gasteiger partial charge >= 0.3 is 12.0 Å². The Labute approximate surface area is 119 Å². The first-order valence-corrected chi connectivity index (χ1v) is 8.04. The van der Waals surface area contributed by atoms with Crippen molar-refractivity contribution in [1.29, 1.82) is 0 Å². The molecule has 1 unspecified atom stereocenters. The number of urea groups is 1. The summed E-state index contributed by atoms with van der Waals surface area (Å²) in [7, 11) is 0. The molecule has 6 heteroatoms. The molecule has 1 aliphatic heterocycles. The molecule has 1 aliphatic rings. The first-order valence-electron chi connectivity index (χ1n) is 6.99. The number of carboxylic acids is 1. The first-order chi connectivity index (χ1) is 9.13. The summed E-state index contributed by atoms with van der Waals surface area (Å²) >= 11 is 1.94. The highest BCUT2D eigenvalue weighted by atomic mass is 32.2. The lowest BCUT2D eigenvalue weighted by molar-refractivity contribution is -0.137. The van der Waals surface area contributed by atoms with Gasteiger partial charge < -0.3 is 15.3 Å². The number of amides is 2. The van der Waals surface area contributed by atoms with Crippen LogP contribution in [0.5, 0.6) is 0 Å². The average molecular weight is 288 g/mol. The third kappa shape index (κ3) is 6.71. The third-order valence-corrected chi connectivity index (χ3v) is 4.60. The molecular formula is C13H24N2O3S. The molecule has 1 heterocycles. The Morgan fingerprint density at radius 3 is 2.84 bits per heavy atom. The molecule has 1 saturated heterocycles. The van der Waals surface area contributed by atoms with Gasteiger partial charge in [0, 0.05) is 37.1 Å². The summed E-state index contributed by atoms with van der Waals surface area (Å²) in [5, 5.41) is 12.0. The molecule has 0 aromatic heterocycles. The van der Waals surface area contributed by atoms with Gasteiger partial charge in [-0.25, -0.2) is 4.79 Å². The number of rotatable bonds is 7. The molecular weight excluding hydrogens is 264 g/mol. The molecule has 5 nitrogen and oxygen atoms in total. The fourth-order valence-electron chi connectivity index (χ4n) is 2.04.